The third-order valence-corrected chi connectivity index (χ3v) is 5.39. The number of nitrogens with two attached hydrogens (primary N) is 1. The van der Waals surface area contributed by atoms with Gasteiger partial charge in [-0.1, -0.05) is 0 Å². The highest BCUT2D eigenvalue weighted by molar-refractivity contribution is 7.07. The van der Waals surface area contributed by atoms with Crippen molar-refractivity contribution in [3.63, 3.8) is 0 Å². The number of nitrogens with zero attached hydrogens (tertiary/aromatic N) is 2. The Morgan fingerprint density at radius 1 is 1.53 bits per heavy atom. The zero-order valence-electron chi connectivity index (χ0n) is 11.8. The Balaban J connectivity index is 1.80. The summed E-state index contributed by atoms with van der Waals surface area (Å²) in [4.78, 5) is 5.18. The topological polar surface area (TPSA) is 32.5 Å². The molecule has 1 saturated heterocycles. The number of hydrogen-bond acceptors (Lipinski definition) is 4. The molecule has 1 aliphatic heterocycles. The smallest absolute Gasteiger partial charge is 0.0465 e. The molecule has 1 aliphatic carbocycles. The maximum Gasteiger partial charge on any atom is 0.0465 e. The second kappa shape index (κ2) is 5.52. The molecule has 1 saturated carbocycles. The van der Waals surface area contributed by atoms with Crippen LogP contribution in [0.15, 0.2) is 16.8 Å². The van der Waals surface area contributed by atoms with Gasteiger partial charge in [0.05, 0.1) is 0 Å². The molecule has 19 heavy (non-hydrogen) atoms. The molecule has 0 radical (unpaired) electrons. The predicted molar refractivity (Wildman–Crippen MR) is 81.4 cm³/mol. The molecular formula is C15H25N3S. The van der Waals surface area contributed by atoms with Crippen LogP contribution in [0.5, 0.6) is 0 Å². The highest BCUT2D eigenvalue weighted by Crippen LogP contribution is 2.38. The number of piperidine rings is 1. The van der Waals surface area contributed by atoms with Gasteiger partial charge in [-0.3, -0.25) is 4.90 Å². The molecule has 4 heteroatoms. The first-order valence-electron chi connectivity index (χ1n) is 7.40. The summed E-state index contributed by atoms with van der Waals surface area (Å²) >= 11 is 1.80. The van der Waals surface area contributed by atoms with Gasteiger partial charge in [0.25, 0.3) is 0 Å². The van der Waals surface area contributed by atoms with Gasteiger partial charge in [-0.05, 0) is 61.7 Å². The monoisotopic (exact) mass is 279 g/mol. The van der Waals surface area contributed by atoms with E-state index in [0.717, 1.165) is 25.7 Å². The lowest BCUT2D eigenvalue weighted by molar-refractivity contribution is 0.0133. The molecule has 0 aromatic carbocycles. The summed E-state index contributed by atoms with van der Waals surface area (Å²) < 4.78 is 0. The average Bonchev–Trinajstić information content (AvgIpc) is 3.12. The van der Waals surface area contributed by atoms with Gasteiger partial charge < -0.3 is 10.6 Å². The Labute approximate surface area is 120 Å². The fourth-order valence-corrected chi connectivity index (χ4v) is 4.17. The minimum Gasteiger partial charge on any atom is -0.329 e. The molecule has 2 aliphatic rings. The van der Waals surface area contributed by atoms with E-state index in [2.05, 4.69) is 33.7 Å². The van der Waals surface area contributed by atoms with Gasteiger partial charge in [0.15, 0.2) is 0 Å². The molecule has 1 aromatic rings. The minimum atomic E-state index is 0.204. The van der Waals surface area contributed by atoms with Crippen LogP contribution in [0, 0.1) is 0 Å². The first kappa shape index (κ1) is 13.6. The van der Waals surface area contributed by atoms with Crippen molar-refractivity contribution in [2.45, 2.75) is 43.8 Å². The maximum atomic E-state index is 6.23. The third-order valence-electron chi connectivity index (χ3n) is 4.66. The van der Waals surface area contributed by atoms with Crippen LogP contribution in [-0.4, -0.2) is 48.1 Å². The molecule has 0 amide bonds. The van der Waals surface area contributed by atoms with Crippen molar-refractivity contribution >= 4 is 11.3 Å². The van der Waals surface area contributed by atoms with Crippen LogP contribution >= 0.6 is 11.3 Å². The van der Waals surface area contributed by atoms with Gasteiger partial charge in [0, 0.05) is 31.2 Å². The van der Waals surface area contributed by atoms with Crippen molar-refractivity contribution < 1.29 is 0 Å². The normalized spacial score (nSPS) is 29.0. The first-order chi connectivity index (χ1) is 9.23. The van der Waals surface area contributed by atoms with E-state index < -0.39 is 0 Å². The number of thiophene rings is 1. The maximum absolute atomic E-state index is 6.23. The molecule has 1 aromatic heterocycles. The van der Waals surface area contributed by atoms with Crippen molar-refractivity contribution in [2.75, 3.05) is 26.7 Å². The third kappa shape index (κ3) is 2.87. The lowest BCUT2D eigenvalue weighted by Gasteiger charge is -2.49. The van der Waals surface area contributed by atoms with Crippen LogP contribution in [0.2, 0.25) is 0 Å². The predicted octanol–water partition coefficient (Wildman–Crippen LogP) is 2.14. The lowest BCUT2D eigenvalue weighted by Crippen LogP contribution is -2.62. The van der Waals surface area contributed by atoms with E-state index in [1.807, 2.05) is 0 Å². The number of rotatable bonds is 5. The van der Waals surface area contributed by atoms with Crippen LogP contribution < -0.4 is 5.73 Å². The number of hydrogen-bond donors (Lipinski definition) is 1. The van der Waals surface area contributed by atoms with Crippen molar-refractivity contribution in [3.8, 4) is 0 Å². The first-order valence-corrected chi connectivity index (χ1v) is 8.34. The van der Waals surface area contributed by atoms with Crippen LogP contribution in [0.1, 0.15) is 31.2 Å². The quantitative estimate of drug-likeness (QED) is 0.896. The van der Waals surface area contributed by atoms with Gasteiger partial charge >= 0.3 is 0 Å². The fraction of sp³-hybridized carbons (Fsp3) is 0.733. The zero-order chi connectivity index (χ0) is 13.3. The van der Waals surface area contributed by atoms with Gasteiger partial charge in [0.2, 0.25) is 0 Å². The van der Waals surface area contributed by atoms with E-state index >= 15 is 0 Å². The standard InChI is InChI=1S/C15H25N3S/c1-17-7-2-6-15(11-16,12-17)18(14-3-4-14)9-13-5-8-19-10-13/h5,8,10,14H,2-4,6-7,9,11-12,16H2,1H3. The van der Waals surface area contributed by atoms with Crippen LogP contribution in [0.3, 0.4) is 0 Å². The highest BCUT2D eigenvalue weighted by Gasteiger charge is 2.45. The summed E-state index contributed by atoms with van der Waals surface area (Å²) in [5.74, 6) is 0. The fourth-order valence-electron chi connectivity index (χ4n) is 3.51. The summed E-state index contributed by atoms with van der Waals surface area (Å²) in [5.41, 5.74) is 7.89. The van der Waals surface area contributed by atoms with Crippen LogP contribution in [0.4, 0.5) is 0 Å². The van der Waals surface area contributed by atoms with Crippen molar-refractivity contribution in [2.24, 2.45) is 5.73 Å². The molecule has 3 nitrogen and oxygen atoms in total. The molecular weight excluding hydrogens is 254 g/mol. The van der Waals surface area contributed by atoms with Gasteiger partial charge in [-0.25, -0.2) is 0 Å². The van der Waals surface area contributed by atoms with E-state index in [1.165, 1.54) is 37.8 Å². The molecule has 2 heterocycles. The highest BCUT2D eigenvalue weighted by atomic mass is 32.1. The summed E-state index contributed by atoms with van der Waals surface area (Å²) in [6.45, 7) is 4.22. The SMILES string of the molecule is CN1CCCC(CN)(N(Cc2ccsc2)C2CC2)C1. The van der Waals surface area contributed by atoms with Gasteiger partial charge in [0.1, 0.15) is 0 Å². The lowest BCUT2D eigenvalue weighted by atomic mass is 9.86. The van der Waals surface area contributed by atoms with Crippen LogP contribution in [0.25, 0.3) is 0 Å². The molecule has 106 valence electrons. The summed E-state index contributed by atoms with van der Waals surface area (Å²) in [5, 5.41) is 4.47. The molecule has 1 atom stereocenters. The molecule has 0 bridgehead atoms. The molecule has 2 fully saturated rings. The summed E-state index contributed by atoms with van der Waals surface area (Å²) in [6, 6.07) is 3.03. The zero-order valence-corrected chi connectivity index (χ0v) is 12.7. The second-order valence-corrected chi connectivity index (χ2v) is 7.04. The Morgan fingerprint density at radius 2 is 2.37 bits per heavy atom. The molecule has 3 rings (SSSR count). The van der Waals surface area contributed by atoms with E-state index in [-0.39, 0.29) is 5.54 Å². The van der Waals surface area contributed by atoms with E-state index in [4.69, 9.17) is 5.73 Å². The molecule has 1 unspecified atom stereocenters. The Kier molecular flexibility index (Phi) is 3.94. The number of likely N-dealkylation sites (tertiary alicyclic amines) is 1. The van der Waals surface area contributed by atoms with Gasteiger partial charge in [-0.2, -0.15) is 11.3 Å². The summed E-state index contributed by atoms with van der Waals surface area (Å²) in [7, 11) is 2.24. The van der Waals surface area contributed by atoms with Crippen LogP contribution in [-0.2, 0) is 6.54 Å². The van der Waals surface area contributed by atoms with Gasteiger partial charge in [-0.15, -0.1) is 0 Å². The van der Waals surface area contributed by atoms with E-state index in [9.17, 15) is 0 Å². The summed E-state index contributed by atoms with van der Waals surface area (Å²) in [6.07, 6.45) is 5.25. The van der Waals surface area contributed by atoms with E-state index in [0.29, 0.717) is 0 Å². The van der Waals surface area contributed by atoms with E-state index in [1.54, 1.807) is 11.3 Å². The average molecular weight is 279 g/mol. The molecule has 0 spiro atoms. The van der Waals surface area contributed by atoms with Crippen molar-refractivity contribution in [1.82, 2.24) is 9.80 Å². The van der Waals surface area contributed by atoms with Crippen molar-refractivity contribution in [3.05, 3.63) is 22.4 Å². The minimum absolute atomic E-state index is 0.204. The largest absolute Gasteiger partial charge is 0.329 e. The number of likely N-dealkylation sites (N-methyl/N-ethyl adjacent to an activating group) is 1. The second-order valence-electron chi connectivity index (χ2n) is 6.26. The molecule has 2 N–H and O–H groups in total. The Hall–Kier alpha value is -0.420. The Morgan fingerprint density at radius 3 is 2.95 bits per heavy atom. The Bertz CT molecular complexity index is 402. The van der Waals surface area contributed by atoms with Crippen molar-refractivity contribution in [1.29, 1.82) is 0 Å².